The summed E-state index contributed by atoms with van der Waals surface area (Å²) >= 11 is 0. The maximum absolute atomic E-state index is 5.99. The molecule has 39 heavy (non-hydrogen) atoms. The van der Waals surface area contributed by atoms with Gasteiger partial charge in [-0.2, -0.15) is 24.3 Å². The van der Waals surface area contributed by atoms with E-state index in [1.807, 2.05) is 24.4 Å². The fourth-order valence-electron chi connectivity index (χ4n) is 5.19. The Kier molecular flexibility index (Phi) is 6.93. The van der Waals surface area contributed by atoms with E-state index in [1.165, 1.54) is 30.2 Å². The molecule has 1 saturated carbocycles. The second kappa shape index (κ2) is 10.7. The van der Waals surface area contributed by atoms with Crippen LogP contribution in [0.5, 0.6) is 17.4 Å². The molecule has 0 aliphatic heterocycles. The number of para-hydroxylation sites is 1. The van der Waals surface area contributed by atoms with Crippen LogP contribution in [0, 0.1) is 12.1 Å². The molecule has 3 aromatic carbocycles. The van der Waals surface area contributed by atoms with Crippen LogP contribution in [0.3, 0.4) is 0 Å². The Morgan fingerprint density at radius 1 is 0.821 bits per heavy atom. The molecule has 194 valence electrons. The monoisotopic (exact) mass is 690 g/mol. The molecule has 6 aromatic rings. The van der Waals surface area contributed by atoms with Gasteiger partial charge in [-0.05, 0) is 59.5 Å². The maximum atomic E-state index is 5.99. The fourth-order valence-corrected chi connectivity index (χ4v) is 5.19. The van der Waals surface area contributed by atoms with E-state index in [1.54, 1.807) is 25.4 Å². The van der Waals surface area contributed by atoms with Gasteiger partial charge in [-0.3, -0.25) is 0 Å². The van der Waals surface area contributed by atoms with Crippen molar-refractivity contribution >= 4 is 21.8 Å². The van der Waals surface area contributed by atoms with Crippen LogP contribution in [0.25, 0.3) is 38.8 Å². The van der Waals surface area contributed by atoms with Crippen LogP contribution in [-0.2, 0) is 21.1 Å². The minimum atomic E-state index is 0. The molecule has 1 fully saturated rings. The molecular formula is C33H25N3O2Pt. The van der Waals surface area contributed by atoms with E-state index >= 15 is 0 Å². The van der Waals surface area contributed by atoms with Gasteiger partial charge in [0.2, 0.25) is 5.88 Å². The molecule has 7 rings (SSSR count). The van der Waals surface area contributed by atoms with E-state index in [0.29, 0.717) is 23.3 Å². The first-order valence-electron chi connectivity index (χ1n) is 12.9. The van der Waals surface area contributed by atoms with Gasteiger partial charge in [0.1, 0.15) is 11.6 Å². The van der Waals surface area contributed by atoms with E-state index in [-0.39, 0.29) is 21.1 Å². The zero-order valence-electron chi connectivity index (χ0n) is 21.3. The zero-order chi connectivity index (χ0) is 25.5. The van der Waals surface area contributed by atoms with Crippen LogP contribution < -0.4 is 9.47 Å². The number of aromatic nitrogens is 3. The van der Waals surface area contributed by atoms with Crippen molar-refractivity contribution < 1.29 is 30.5 Å². The van der Waals surface area contributed by atoms with E-state index in [2.05, 4.69) is 70.2 Å². The summed E-state index contributed by atoms with van der Waals surface area (Å²) in [5.41, 5.74) is 5.31. The summed E-state index contributed by atoms with van der Waals surface area (Å²) in [6, 6.07) is 33.6. The second-order valence-corrected chi connectivity index (χ2v) is 9.63. The average molecular weight is 691 g/mol. The summed E-state index contributed by atoms with van der Waals surface area (Å²) in [7, 11) is 1.62. The van der Waals surface area contributed by atoms with E-state index in [0.717, 1.165) is 33.4 Å². The topological polar surface area (TPSA) is 49.2 Å². The quantitative estimate of drug-likeness (QED) is 0.167. The molecule has 3 heterocycles. The molecule has 1 aliphatic rings. The summed E-state index contributed by atoms with van der Waals surface area (Å²) < 4.78 is 13.5. The van der Waals surface area contributed by atoms with E-state index in [9.17, 15) is 0 Å². The van der Waals surface area contributed by atoms with Crippen LogP contribution in [0.4, 0.5) is 0 Å². The van der Waals surface area contributed by atoms with E-state index in [4.69, 9.17) is 14.5 Å². The average Bonchev–Trinajstić information content (AvgIpc) is 3.26. The Morgan fingerprint density at radius 3 is 2.51 bits per heavy atom. The zero-order valence-corrected chi connectivity index (χ0v) is 23.6. The van der Waals surface area contributed by atoms with Crippen molar-refractivity contribution in [1.29, 1.82) is 0 Å². The number of fused-ring (bicyclic) bond motifs is 3. The van der Waals surface area contributed by atoms with Gasteiger partial charge < -0.3 is 14.0 Å². The molecule has 0 spiro atoms. The number of ether oxygens (including phenoxy) is 2. The molecule has 0 saturated heterocycles. The standard InChI is InChI=1S/C33H25N3O2.Pt/c1-37-26-15-17-35-33(21-26)38-27-9-5-8-23(18-27)24-12-13-29-28-10-2-3-11-30(28)36(31(29)19-24)32-20-25(14-16-34-32)22-6-4-7-22;/h2-3,5,8-17,20-22H,4,6-7H2,1H3;/q-2;+2. The number of methoxy groups -OCH3 is 1. The van der Waals surface area contributed by atoms with Gasteiger partial charge in [0, 0.05) is 29.7 Å². The Hall–Kier alpha value is -3.95. The van der Waals surface area contributed by atoms with Crippen molar-refractivity contribution in [3.63, 3.8) is 0 Å². The molecular weight excluding hydrogens is 665 g/mol. The van der Waals surface area contributed by atoms with E-state index < -0.39 is 0 Å². The first-order chi connectivity index (χ1) is 18.8. The largest absolute Gasteiger partial charge is 2.00 e. The third-order valence-electron chi connectivity index (χ3n) is 7.37. The summed E-state index contributed by atoms with van der Waals surface area (Å²) in [6.07, 6.45) is 7.42. The first kappa shape index (κ1) is 25.3. The van der Waals surface area contributed by atoms with Gasteiger partial charge in [-0.25, -0.2) is 21.1 Å². The van der Waals surface area contributed by atoms with Gasteiger partial charge in [0.05, 0.1) is 7.11 Å². The number of rotatable bonds is 6. The Labute approximate surface area is 241 Å². The second-order valence-electron chi connectivity index (χ2n) is 9.63. The van der Waals surface area contributed by atoms with Gasteiger partial charge in [0.15, 0.2) is 0 Å². The molecule has 0 unspecified atom stereocenters. The smallest absolute Gasteiger partial charge is 0.497 e. The molecule has 1 aliphatic carbocycles. The third-order valence-corrected chi connectivity index (χ3v) is 7.37. The minimum absolute atomic E-state index is 0. The molecule has 0 radical (unpaired) electrons. The summed E-state index contributed by atoms with van der Waals surface area (Å²) in [4.78, 5) is 9.08. The van der Waals surface area contributed by atoms with Crippen LogP contribution >= 0.6 is 0 Å². The number of nitrogens with zero attached hydrogens (tertiary/aromatic N) is 3. The predicted molar refractivity (Wildman–Crippen MR) is 149 cm³/mol. The van der Waals surface area contributed by atoms with Crippen molar-refractivity contribution in [3.8, 4) is 34.3 Å². The molecule has 6 heteroatoms. The SMILES string of the molecule is COc1ccnc(Oc2[c-]c(-c3[c-]c4c(cc3)c3ccccc3n4-c3cc(C4CCC4)ccn3)ccc2)c1.[Pt+2]. The van der Waals surface area contributed by atoms with Crippen molar-refractivity contribution in [1.82, 2.24) is 14.5 Å². The Morgan fingerprint density at radius 2 is 1.67 bits per heavy atom. The Bertz CT molecular complexity index is 1790. The number of hydrogen-bond donors (Lipinski definition) is 0. The number of hydrogen-bond acceptors (Lipinski definition) is 4. The molecule has 0 amide bonds. The van der Waals surface area contributed by atoms with Crippen LogP contribution in [0.2, 0.25) is 0 Å². The van der Waals surface area contributed by atoms with Crippen LogP contribution in [0.15, 0.2) is 91.3 Å². The van der Waals surface area contributed by atoms with Crippen molar-refractivity contribution in [2.45, 2.75) is 25.2 Å². The summed E-state index contributed by atoms with van der Waals surface area (Å²) in [5, 5.41) is 2.33. The molecule has 0 N–H and O–H groups in total. The van der Waals surface area contributed by atoms with Crippen molar-refractivity contribution in [2.75, 3.05) is 7.11 Å². The molecule has 0 bridgehead atoms. The predicted octanol–water partition coefficient (Wildman–Crippen LogP) is 7.91. The fraction of sp³-hybridized carbons (Fsp3) is 0.152. The molecule has 0 atom stereocenters. The Balaban J connectivity index is 0.00000277. The minimum Gasteiger partial charge on any atom is -0.497 e. The van der Waals surface area contributed by atoms with Gasteiger partial charge in [-0.1, -0.05) is 30.0 Å². The van der Waals surface area contributed by atoms with Crippen molar-refractivity contribution in [2.24, 2.45) is 0 Å². The maximum Gasteiger partial charge on any atom is 2.00 e. The number of pyridine rings is 2. The van der Waals surface area contributed by atoms with Crippen LogP contribution in [0.1, 0.15) is 30.7 Å². The normalized spacial score (nSPS) is 13.2. The number of benzene rings is 3. The van der Waals surface area contributed by atoms with Gasteiger partial charge in [-0.15, -0.1) is 18.2 Å². The van der Waals surface area contributed by atoms with Crippen molar-refractivity contribution in [3.05, 3.63) is 109 Å². The van der Waals surface area contributed by atoms with Gasteiger partial charge in [0.25, 0.3) is 0 Å². The molecule has 3 aromatic heterocycles. The summed E-state index contributed by atoms with van der Waals surface area (Å²) in [6.45, 7) is 0. The first-order valence-corrected chi connectivity index (χ1v) is 12.9. The molecule has 5 nitrogen and oxygen atoms in total. The summed E-state index contributed by atoms with van der Waals surface area (Å²) in [5.74, 6) is 3.29. The third kappa shape index (κ3) is 4.72. The van der Waals surface area contributed by atoms with Crippen LogP contribution in [-0.4, -0.2) is 21.6 Å². The van der Waals surface area contributed by atoms with Gasteiger partial charge >= 0.3 is 21.1 Å².